The van der Waals surface area contributed by atoms with Crippen molar-refractivity contribution in [3.05, 3.63) is 28.9 Å². The van der Waals surface area contributed by atoms with E-state index < -0.39 is 0 Å². The molecule has 1 unspecified atom stereocenters. The first-order valence-electron chi connectivity index (χ1n) is 5.72. The fourth-order valence-corrected chi connectivity index (χ4v) is 2.05. The van der Waals surface area contributed by atoms with Crippen LogP contribution in [-0.2, 0) is 12.8 Å². The summed E-state index contributed by atoms with van der Waals surface area (Å²) in [6, 6.07) is 0.288. The molecule has 0 radical (unpaired) electrons. The third-order valence-electron chi connectivity index (χ3n) is 2.92. The summed E-state index contributed by atoms with van der Waals surface area (Å²) in [6.45, 7) is 7.45. The molecule has 15 heavy (non-hydrogen) atoms. The summed E-state index contributed by atoms with van der Waals surface area (Å²) < 4.78 is 0. The van der Waals surface area contributed by atoms with Gasteiger partial charge < -0.3 is 10.3 Å². The summed E-state index contributed by atoms with van der Waals surface area (Å²) in [6.07, 6.45) is 4.29. The molecule has 0 amide bonds. The Bertz CT molecular complexity index is 355. The maximum atomic E-state index is 4.65. The maximum absolute atomic E-state index is 4.65. The fraction of sp³-hybridized carbons (Fsp3) is 0.583. The minimum Gasteiger partial charge on any atom is -0.344 e. The number of H-pyrrole nitrogens is 1. The Hall–Kier alpha value is -1.09. The van der Waals surface area contributed by atoms with Gasteiger partial charge in [0.25, 0.3) is 0 Å². The van der Waals surface area contributed by atoms with E-state index in [1.54, 1.807) is 0 Å². The lowest BCUT2D eigenvalue weighted by Crippen LogP contribution is -2.15. The molecule has 1 atom stereocenters. The highest BCUT2D eigenvalue weighted by Gasteiger charge is 2.18. The number of rotatable bonds is 3. The lowest BCUT2D eigenvalue weighted by molar-refractivity contribution is 0.670. The van der Waals surface area contributed by atoms with Crippen molar-refractivity contribution in [3.63, 3.8) is 0 Å². The summed E-state index contributed by atoms with van der Waals surface area (Å²) in [4.78, 5) is 8.08. The molecular formula is C12H19N3. The Morgan fingerprint density at radius 3 is 2.67 bits per heavy atom. The highest BCUT2D eigenvalue weighted by atomic mass is 15.0. The molecule has 82 valence electrons. The molecular weight excluding hydrogens is 186 g/mol. The van der Waals surface area contributed by atoms with E-state index in [4.69, 9.17) is 0 Å². The van der Waals surface area contributed by atoms with Gasteiger partial charge in [0.15, 0.2) is 0 Å². The second-order valence-corrected chi connectivity index (χ2v) is 4.13. The van der Waals surface area contributed by atoms with Crippen molar-refractivity contribution in [1.29, 1.82) is 0 Å². The lowest BCUT2D eigenvalue weighted by Gasteiger charge is -2.03. The normalized spacial score (nSPS) is 20.7. The van der Waals surface area contributed by atoms with Gasteiger partial charge in [0.2, 0.25) is 0 Å². The van der Waals surface area contributed by atoms with Crippen molar-refractivity contribution in [2.75, 3.05) is 6.54 Å². The van der Waals surface area contributed by atoms with Gasteiger partial charge in [-0.05, 0) is 19.8 Å². The summed E-state index contributed by atoms with van der Waals surface area (Å²) in [5.74, 6) is 1.07. The topological polar surface area (TPSA) is 40.7 Å². The number of nitrogens with zero attached hydrogens (tertiary/aromatic N) is 1. The van der Waals surface area contributed by atoms with Gasteiger partial charge in [-0.15, -0.1) is 0 Å². The number of aromatic amines is 1. The minimum absolute atomic E-state index is 0.288. The average molecular weight is 205 g/mol. The molecule has 2 heterocycles. The van der Waals surface area contributed by atoms with Crippen molar-refractivity contribution in [2.24, 2.45) is 0 Å². The number of hydrogen-bond acceptors (Lipinski definition) is 2. The van der Waals surface area contributed by atoms with Gasteiger partial charge in [-0.2, -0.15) is 0 Å². The maximum Gasteiger partial charge on any atom is 0.127 e. The number of imidazole rings is 1. The molecule has 0 saturated carbocycles. The number of aryl methyl sites for hydroxylation is 2. The molecule has 0 spiro atoms. The molecule has 0 bridgehead atoms. The molecule has 3 heteroatoms. The smallest absolute Gasteiger partial charge is 0.127 e. The zero-order valence-corrected chi connectivity index (χ0v) is 9.72. The first-order chi connectivity index (χ1) is 7.24. The zero-order chi connectivity index (χ0) is 10.8. The molecule has 0 aromatic carbocycles. The van der Waals surface area contributed by atoms with Crippen LogP contribution in [0.2, 0.25) is 0 Å². The van der Waals surface area contributed by atoms with E-state index in [0.29, 0.717) is 0 Å². The third kappa shape index (κ3) is 1.97. The minimum atomic E-state index is 0.288. The van der Waals surface area contributed by atoms with E-state index in [2.05, 4.69) is 42.1 Å². The zero-order valence-electron chi connectivity index (χ0n) is 9.72. The molecule has 0 fully saturated rings. The summed E-state index contributed by atoms with van der Waals surface area (Å²) in [5.41, 5.74) is 3.90. The quantitative estimate of drug-likeness (QED) is 0.742. The van der Waals surface area contributed by atoms with Gasteiger partial charge >= 0.3 is 0 Å². The van der Waals surface area contributed by atoms with Crippen LogP contribution in [-0.4, -0.2) is 16.5 Å². The van der Waals surface area contributed by atoms with Crippen molar-refractivity contribution < 1.29 is 0 Å². The molecule has 0 aliphatic carbocycles. The van der Waals surface area contributed by atoms with Crippen LogP contribution in [0.15, 0.2) is 11.6 Å². The highest BCUT2D eigenvalue weighted by Crippen LogP contribution is 2.20. The van der Waals surface area contributed by atoms with Crippen LogP contribution >= 0.6 is 0 Å². The standard InChI is InChI=1S/C12H19N3/c1-4-9-10(5-2)15-12(14-9)11-6-8(3)7-13-11/h6,11,13H,4-5,7H2,1-3H3,(H,14,15). The van der Waals surface area contributed by atoms with E-state index >= 15 is 0 Å². The second kappa shape index (κ2) is 4.19. The third-order valence-corrected chi connectivity index (χ3v) is 2.92. The van der Waals surface area contributed by atoms with Crippen LogP contribution in [0.4, 0.5) is 0 Å². The Morgan fingerprint density at radius 1 is 1.40 bits per heavy atom. The van der Waals surface area contributed by atoms with Crippen molar-refractivity contribution >= 4 is 0 Å². The van der Waals surface area contributed by atoms with Crippen LogP contribution in [0.3, 0.4) is 0 Å². The first-order valence-corrected chi connectivity index (χ1v) is 5.72. The molecule has 0 saturated heterocycles. The molecule has 1 aliphatic rings. The van der Waals surface area contributed by atoms with Crippen LogP contribution in [0.5, 0.6) is 0 Å². The number of hydrogen-bond donors (Lipinski definition) is 2. The monoisotopic (exact) mass is 205 g/mol. The van der Waals surface area contributed by atoms with Crippen molar-refractivity contribution in [1.82, 2.24) is 15.3 Å². The van der Waals surface area contributed by atoms with E-state index in [-0.39, 0.29) is 6.04 Å². The fourth-order valence-electron chi connectivity index (χ4n) is 2.05. The average Bonchev–Trinajstić information content (AvgIpc) is 2.82. The van der Waals surface area contributed by atoms with Crippen molar-refractivity contribution in [2.45, 2.75) is 39.7 Å². The van der Waals surface area contributed by atoms with Gasteiger partial charge in [-0.25, -0.2) is 4.98 Å². The first kappa shape index (κ1) is 10.4. The molecule has 1 aromatic rings. The molecule has 2 rings (SSSR count). The molecule has 2 N–H and O–H groups in total. The lowest BCUT2D eigenvalue weighted by atomic mass is 10.2. The molecule has 1 aromatic heterocycles. The molecule has 1 aliphatic heterocycles. The van der Waals surface area contributed by atoms with E-state index in [1.165, 1.54) is 17.0 Å². The summed E-state index contributed by atoms with van der Waals surface area (Å²) in [5, 5.41) is 3.43. The van der Waals surface area contributed by atoms with E-state index in [1.807, 2.05) is 0 Å². The summed E-state index contributed by atoms with van der Waals surface area (Å²) in [7, 11) is 0. The van der Waals surface area contributed by atoms with Gasteiger partial charge in [0.1, 0.15) is 5.82 Å². The van der Waals surface area contributed by atoms with E-state index in [9.17, 15) is 0 Å². The van der Waals surface area contributed by atoms with Gasteiger partial charge in [-0.3, -0.25) is 0 Å². The van der Waals surface area contributed by atoms with Crippen molar-refractivity contribution in [3.8, 4) is 0 Å². The second-order valence-electron chi connectivity index (χ2n) is 4.13. The summed E-state index contributed by atoms with van der Waals surface area (Å²) >= 11 is 0. The van der Waals surface area contributed by atoms with Crippen LogP contribution in [0.1, 0.15) is 44.0 Å². The molecule has 3 nitrogen and oxygen atoms in total. The number of nitrogens with one attached hydrogen (secondary N) is 2. The van der Waals surface area contributed by atoms with Crippen LogP contribution in [0.25, 0.3) is 0 Å². The van der Waals surface area contributed by atoms with Crippen LogP contribution in [0, 0.1) is 0 Å². The van der Waals surface area contributed by atoms with Gasteiger partial charge in [-0.1, -0.05) is 25.5 Å². The van der Waals surface area contributed by atoms with Crippen LogP contribution < -0.4 is 5.32 Å². The highest BCUT2D eigenvalue weighted by molar-refractivity contribution is 5.23. The van der Waals surface area contributed by atoms with Gasteiger partial charge in [0, 0.05) is 12.2 Å². The number of aromatic nitrogens is 2. The Morgan fingerprint density at radius 2 is 2.20 bits per heavy atom. The van der Waals surface area contributed by atoms with Gasteiger partial charge in [0.05, 0.1) is 11.7 Å². The Balaban J connectivity index is 2.25. The largest absolute Gasteiger partial charge is 0.344 e. The SMILES string of the molecule is CCc1nc(C2C=C(C)CN2)[nH]c1CC. The Kier molecular flexibility index (Phi) is 2.91. The predicted octanol–water partition coefficient (Wildman–Crippen LogP) is 2.13. The van der Waals surface area contributed by atoms with E-state index in [0.717, 1.165) is 25.2 Å². The Labute approximate surface area is 91.0 Å². The predicted molar refractivity (Wildman–Crippen MR) is 61.8 cm³/mol.